The zero-order valence-corrected chi connectivity index (χ0v) is 10.1. The van der Waals surface area contributed by atoms with Crippen molar-refractivity contribution in [3.63, 3.8) is 0 Å². The van der Waals surface area contributed by atoms with E-state index in [0.717, 1.165) is 17.7 Å². The molecule has 0 aliphatic carbocycles. The molecule has 0 unspecified atom stereocenters. The Morgan fingerprint density at radius 2 is 2.19 bits per heavy atom. The van der Waals surface area contributed by atoms with Crippen molar-refractivity contribution in [3.8, 4) is 0 Å². The molecule has 90 valence electrons. The highest BCUT2D eigenvalue weighted by molar-refractivity contribution is 5.93. The first-order chi connectivity index (χ1) is 7.63. The van der Waals surface area contributed by atoms with Crippen LogP contribution in [-0.2, 0) is 6.42 Å². The molecule has 0 spiro atoms. The predicted molar refractivity (Wildman–Crippen MR) is 61.5 cm³/mol. The highest BCUT2D eigenvalue weighted by Crippen LogP contribution is 2.17. The molecule has 0 bridgehead atoms. The molecular formula is C12H19NO3. The van der Waals surface area contributed by atoms with Gasteiger partial charge in [0.1, 0.15) is 5.76 Å². The molecule has 1 heterocycles. The third-order valence-corrected chi connectivity index (χ3v) is 2.55. The van der Waals surface area contributed by atoms with E-state index in [0.29, 0.717) is 18.8 Å². The summed E-state index contributed by atoms with van der Waals surface area (Å²) in [5.41, 5.74) is 0.859. The smallest absolute Gasteiger partial charge is 0.289 e. The molecule has 0 aliphatic heterocycles. The van der Waals surface area contributed by atoms with Crippen molar-refractivity contribution in [2.45, 2.75) is 27.2 Å². The molecular weight excluding hydrogens is 206 g/mol. The minimum absolute atomic E-state index is 0.0278. The number of carbonyl (C=O) groups excluding carboxylic acids is 1. The number of aryl methyl sites for hydroxylation is 2. The first-order valence-corrected chi connectivity index (χ1v) is 5.63. The van der Waals surface area contributed by atoms with Gasteiger partial charge in [-0.2, -0.15) is 0 Å². The van der Waals surface area contributed by atoms with E-state index in [9.17, 15) is 4.79 Å². The maximum atomic E-state index is 12.0. The van der Waals surface area contributed by atoms with Gasteiger partial charge in [-0.3, -0.25) is 4.79 Å². The summed E-state index contributed by atoms with van der Waals surface area (Å²) in [7, 11) is 0. The summed E-state index contributed by atoms with van der Waals surface area (Å²) in [6, 6.07) is 1.89. The molecule has 16 heavy (non-hydrogen) atoms. The molecule has 0 saturated carbocycles. The third kappa shape index (κ3) is 2.64. The normalized spacial score (nSPS) is 10.5. The maximum Gasteiger partial charge on any atom is 0.289 e. The molecule has 1 amide bonds. The number of amides is 1. The molecule has 1 rings (SSSR count). The molecule has 4 nitrogen and oxygen atoms in total. The van der Waals surface area contributed by atoms with Crippen LogP contribution in [0, 0.1) is 6.92 Å². The van der Waals surface area contributed by atoms with Crippen molar-refractivity contribution in [1.29, 1.82) is 0 Å². The molecule has 0 radical (unpaired) electrons. The molecule has 0 saturated heterocycles. The van der Waals surface area contributed by atoms with Gasteiger partial charge in [0.15, 0.2) is 5.76 Å². The van der Waals surface area contributed by atoms with Crippen LogP contribution < -0.4 is 0 Å². The van der Waals surface area contributed by atoms with E-state index in [2.05, 4.69) is 0 Å². The van der Waals surface area contributed by atoms with Crippen LogP contribution in [0.2, 0.25) is 0 Å². The van der Waals surface area contributed by atoms with Gasteiger partial charge in [-0.15, -0.1) is 0 Å². The number of aliphatic hydroxyl groups excluding tert-OH is 1. The number of likely N-dealkylation sites (N-methyl/N-ethyl adjacent to an activating group) is 1. The SMILES string of the molecule is CCc1cc(C)c(C(=O)N(CC)CCO)o1. The van der Waals surface area contributed by atoms with Crippen molar-refractivity contribution in [2.24, 2.45) is 0 Å². The summed E-state index contributed by atoms with van der Waals surface area (Å²) in [4.78, 5) is 13.6. The van der Waals surface area contributed by atoms with E-state index in [-0.39, 0.29) is 12.5 Å². The maximum absolute atomic E-state index is 12.0. The van der Waals surface area contributed by atoms with Gasteiger partial charge in [0.05, 0.1) is 6.61 Å². The van der Waals surface area contributed by atoms with Crippen LogP contribution in [-0.4, -0.2) is 35.6 Å². The Hall–Kier alpha value is -1.29. The van der Waals surface area contributed by atoms with Gasteiger partial charge in [-0.1, -0.05) is 6.92 Å². The van der Waals surface area contributed by atoms with Gasteiger partial charge in [-0.25, -0.2) is 0 Å². The lowest BCUT2D eigenvalue weighted by Crippen LogP contribution is -2.33. The molecule has 1 aromatic rings. The zero-order chi connectivity index (χ0) is 12.1. The summed E-state index contributed by atoms with van der Waals surface area (Å²) < 4.78 is 5.48. The average molecular weight is 225 g/mol. The quantitative estimate of drug-likeness (QED) is 0.828. The first kappa shape index (κ1) is 12.8. The van der Waals surface area contributed by atoms with Crippen molar-refractivity contribution in [1.82, 2.24) is 4.90 Å². The van der Waals surface area contributed by atoms with Crippen molar-refractivity contribution in [3.05, 3.63) is 23.2 Å². The van der Waals surface area contributed by atoms with Crippen LogP contribution in [0.1, 0.15) is 35.7 Å². The van der Waals surface area contributed by atoms with E-state index < -0.39 is 0 Å². The standard InChI is InChI=1S/C12H19NO3/c1-4-10-8-9(3)11(16-10)12(15)13(5-2)6-7-14/h8,14H,4-7H2,1-3H3. The summed E-state index contributed by atoms with van der Waals surface area (Å²) in [6.45, 7) is 6.62. The largest absolute Gasteiger partial charge is 0.456 e. The Bertz CT molecular complexity index is 357. The van der Waals surface area contributed by atoms with Crippen LogP contribution in [0.3, 0.4) is 0 Å². The molecule has 1 N–H and O–H groups in total. The summed E-state index contributed by atoms with van der Waals surface area (Å²) >= 11 is 0. The highest BCUT2D eigenvalue weighted by Gasteiger charge is 2.20. The first-order valence-electron chi connectivity index (χ1n) is 5.63. The summed E-state index contributed by atoms with van der Waals surface area (Å²) in [6.07, 6.45) is 0.778. The molecule has 0 aromatic carbocycles. The lowest BCUT2D eigenvalue weighted by atomic mass is 10.2. The number of nitrogens with zero attached hydrogens (tertiary/aromatic N) is 1. The van der Waals surface area contributed by atoms with Crippen molar-refractivity contribution in [2.75, 3.05) is 19.7 Å². The second-order valence-corrected chi connectivity index (χ2v) is 3.69. The Balaban J connectivity index is 2.89. The Morgan fingerprint density at radius 1 is 1.50 bits per heavy atom. The molecule has 0 aliphatic rings. The number of hydrogen-bond acceptors (Lipinski definition) is 3. The second-order valence-electron chi connectivity index (χ2n) is 3.69. The van der Waals surface area contributed by atoms with Gasteiger partial charge in [0, 0.05) is 25.1 Å². The number of rotatable bonds is 5. The molecule has 4 heteroatoms. The Morgan fingerprint density at radius 3 is 2.62 bits per heavy atom. The van der Waals surface area contributed by atoms with E-state index in [1.807, 2.05) is 26.8 Å². The van der Waals surface area contributed by atoms with Crippen LogP contribution in [0.5, 0.6) is 0 Å². The topological polar surface area (TPSA) is 53.7 Å². The van der Waals surface area contributed by atoms with Gasteiger partial charge < -0.3 is 14.4 Å². The van der Waals surface area contributed by atoms with E-state index in [1.54, 1.807) is 4.90 Å². The zero-order valence-electron chi connectivity index (χ0n) is 10.1. The minimum Gasteiger partial charge on any atom is -0.456 e. The van der Waals surface area contributed by atoms with E-state index >= 15 is 0 Å². The number of hydrogen-bond donors (Lipinski definition) is 1. The number of furan rings is 1. The summed E-state index contributed by atoms with van der Waals surface area (Å²) in [5.74, 6) is 1.07. The van der Waals surface area contributed by atoms with Crippen molar-refractivity contribution >= 4 is 5.91 Å². The van der Waals surface area contributed by atoms with Crippen molar-refractivity contribution < 1.29 is 14.3 Å². The lowest BCUT2D eigenvalue weighted by Gasteiger charge is -2.18. The van der Waals surface area contributed by atoms with Crippen LogP contribution in [0.15, 0.2) is 10.5 Å². The van der Waals surface area contributed by atoms with Gasteiger partial charge in [-0.05, 0) is 19.9 Å². The fourth-order valence-corrected chi connectivity index (χ4v) is 1.60. The lowest BCUT2D eigenvalue weighted by molar-refractivity contribution is 0.0697. The Kier molecular flexibility index (Phi) is 4.55. The number of carbonyl (C=O) groups is 1. The average Bonchev–Trinajstić information content (AvgIpc) is 2.66. The van der Waals surface area contributed by atoms with Gasteiger partial charge in [0.2, 0.25) is 0 Å². The van der Waals surface area contributed by atoms with E-state index in [1.165, 1.54) is 0 Å². The van der Waals surface area contributed by atoms with Gasteiger partial charge >= 0.3 is 0 Å². The number of aliphatic hydroxyl groups is 1. The van der Waals surface area contributed by atoms with Gasteiger partial charge in [0.25, 0.3) is 5.91 Å². The van der Waals surface area contributed by atoms with E-state index in [4.69, 9.17) is 9.52 Å². The highest BCUT2D eigenvalue weighted by atomic mass is 16.4. The fourth-order valence-electron chi connectivity index (χ4n) is 1.60. The summed E-state index contributed by atoms with van der Waals surface area (Å²) in [5, 5.41) is 8.86. The predicted octanol–water partition coefficient (Wildman–Crippen LogP) is 1.60. The second kappa shape index (κ2) is 5.70. The minimum atomic E-state index is -0.145. The Labute approximate surface area is 95.9 Å². The molecule has 0 fully saturated rings. The molecule has 1 aromatic heterocycles. The van der Waals surface area contributed by atoms with Crippen LogP contribution in [0.25, 0.3) is 0 Å². The van der Waals surface area contributed by atoms with Crippen LogP contribution >= 0.6 is 0 Å². The third-order valence-electron chi connectivity index (χ3n) is 2.55. The molecule has 0 atom stereocenters. The fraction of sp³-hybridized carbons (Fsp3) is 0.583. The van der Waals surface area contributed by atoms with Crippen LogP contribution in [0.4, 0.5) is 0 Å². The monoisotopic (exact) mass is 225 g/mol.